The maximum Gasteiger partial charge on any atom is 0.137 e. The van der Waals surface area contributed by atoms with Crippen LogP contribution in [0.3, 0.4) is 0 Å². The molecule has 0 aliphatic heterocycles. The molecule has 1 saturated carbocycles. The molecule has 0 heterocycles. The van der Waals surface area contributed by atoms with Crippen molar-refractivity contribution in [3.05, 3.63) is 0 Å². The minimum atomic E-state index is 0.0955. The van der Waals surface area contributed by atoms with Gasteiger partial charge in [0, 0.05) is 18.4 Å². The van der Waals surface area contributed by atoms with E-state index in [0.29, 0.717) is 18.1 Å². The van der Waals surface area contributed by atoms with Gasteiger partial charge in [-0.2, -0.15) is 0 Å². The van der Waals surface area contributed by atoms with Crippen LogP contribution in [0.1, 0.15) is 45.4 Å². The van der Waals surface area contributed by atoms with E-state index in [1.165, 1.54) is 12.8 Å². The van der Waals surface area contributed by atoms with Crippen molar-refractivity contribution in [2.45, 2.75) is 51.5 Å². The van der Waals surface area contributed by atoms with Gasteiger partial charge in [-0.15, -0.1) is 0 Å². The first-order valence-electron chi connectivity index (χ1n) is 5.02. The van der Waals surface area contributed by atoms with Crippen LogP contribution in [0.15, 0.2) is 0 Å². The fraction of sp³-hybridized carbons (Fsp3) is 0.900. The summed E-state index contributed by atoms with van der Waals surface area (Å²) in [6.07, 6.45) is 6.19. The molecule has 1 fully saturated rings. The molecule has 0 aromatic carbocycles. The summed E-state index contributed by atoms with van der Waals surface area (Å²) in [6.45, 7) is 2.03. The van der Waals surface area contributed by atoms with Crippen molar-refractivity contribution >= 4 is 5.78 Å². The lowest BCUT2D eigenvalue weighted by Gasteiger charge is -2.11. The normalized spacial score (nSPS) is 21.2. The average Bonchev–Trinajstić information content (AvgIpc) is 2.56. The molecule has 12 heavy (non-hydrogen) atoms. The number of carbonyl (C=O) groups excluding carboxylic acids is 1. The zero-order chi connectivity index (χ0) is 8.97. The van der Waals surface area contributed by atoms with Gasteiger partial charge in [0.05, 0.1) is 0 Å². The second kappa shape index (κ2) is 4.61. The number of carbonyl (C=O) groups is 1. The van der Waals surface area contributed by atoms with Crippen molar-refractivity contribution < 1.29 is 4.79 Å². The fourth-order valence-electron chi connectivity index (χ4n) is 1.82. The number of rotatable bonds is 4. The zero-order valence-corrected chi connectivity index (χ0v) is 7.88. The van der Waals surface area contributed by atoms with Gasteiger partial charge < -0.3 is 5.73 Å². The van der Waals surface area contributed by atoms with Crippen LogP contribution in [-0.2, 0) is 4.79 Å². The van der Waals surface area contributed by atoms with Crippen molar-refractivity contribution in [3.63, 3.8) is 0 Å². The number of hydrogen-bond acceptors (Lipinski definition) is 2. The van der Waals surface area contributed by atoms with Crippen molar-refractivity contribution in [3.8, 4) is 0 Å². The van der Waals surface area contributed by atoms with Crippen LogP contribution >= 0.6 is 0 Å². The molecule has 1 unspecified atom stereocenters. The van der Waals surface area contributed by atoms with E-state index in [4.69, 9.17) is 5.73 Å². The number of hydrogen-bond donors (Lipinski definition) is 1. The number of Topliss-reactive ketones (excluding diaryl/α,β-unsaturated/α-hetero) is 1. The Morgan fingerprint density at radius 1 is 1.50 bits per heavy atom. The summed E-state index contributed by atoms with van der Waals surface area (Å²) in [7, 11) is 0. The lowest BCUT2D eigenvalue weighted by Crippen LogP contribution is -2.25. The molecule has 0 spiro atoms. The van der Waals surface area contributed by atoms with E-state index >= 15 is 0 Å². The molecule has 70 valence electrons. The quantitative estimate of drug-likeness (QED) is 0.698. The van der Waals surface area contributed by atoms with Crippen LogP contribution in [-0.4, -0.2) is 11.8 Å². The Balaban J connectivity index is 2.27. The van der Waals surface area contributed by atoms with E-state index in [-0.39, 0.29) is 6.04 Å². The van der Waals surface area contributed by atoms with Crippen molar-refractivity contribution in [1.82, 2.24) is 0 Å². The second-order valence-corrected chi connectivity index (χ2v) is 3.82. The summed E-state index contributed by atoms with van der Waals surface area (Å²) in [4.78, 5) is 11.5. The molecule has 1 atom stereocenters. The average molecular weight is 169 g/mol. The molecule has 0 radical (unpaired) electrons. The number of ketones is 1. The van der Waals surface area contributed by atoms with Gasteiger partial charge in [-0.05, 0) is 19.3 Å². The predicted octanol–water partition coefficient (Wildman–Crippen LogP) is 1.87. The highest BCUT2D eigenvalue weighted by atomic mass is 16.1. The molecule has 0 amide bonds. The lowest BCUT2D eigenvalue weighted by atomic mass is 9.96. The maximum atomic E-state index is 11.5. The van der Waals surface area contributed by atoms with E-state index in [1.54, 1.807) is 0 Å². The predicted molar refractivity (Wildman–Crippen MR) is 49.8 cm³/mol. The van der Waals surface area contributed by atoms with Gasteiger partial charge in [-0.25, -0.2) is 0 Å². The Morgan fingerprint density at radius 2 is 2.08 bits per heavy atom. The van der Waals surface area contributed by atoms with Crippen LogP contribution in [0, 0.1) is 5.92 Å². The third-order valence-corrected chi connectivity index (χ3v) is 2.80. The van der Waals surface area contributed by atoms with E-state index in [2.05, 4.69) is 0 Å². The number of nitrogens with two attached hydrogens (primary N) is 1. The molecular weight excluding hydrogens is 150 g/mol. The SMILES string of the molecule is CCC(N)CC(=O)C1CCCC1. The van der Waals surface area contributed by atoms with Gasteiger partial charge in [0.1, 0.15) is 5.78 Å². The molecule has 0 bridgehead atoms. The summed E-state index contributed by atoms with van der Waals surface area (Å²) in [5.74, 6) is 0.754. The highest BCUT2D eigenvalue weighted by Gasteiger charge is 2.23. The summed E-state index contributed by atoms with van der Waals surface area (Å²) in [5.41, 5.74) is 5.72. The van der Waals surface area contributed by atoms with Gasteiger partial charge in [0.2, 0.25) is 0 Å². The summed E-state index contributed by atoms with van der Waals surface area (Å²) >= 11 is 0. The van der Waals surface area contributed by atoms with Gasteiger partial charge in [0.15, 0.2) is 0 Å². The third kappa shape index (κ3) is 2.59. The van der Waals surface area contributed by atoms with Crippen LogP contribution in [0.25, 0.3) is 0 Å². The van der Waals surface area contributed by atoms with Gasteiger partial charge in [-0.3, -0.25) is 4.79 Å². The third-order valence-electron chi connectivity index (χ3n) is 2.80. The fourth-order valence-corrected chi connectivity index (χ4v) is 1.82. The molecule has 1 aliphatic carbocycles. The molecule has 2 heteroatoms. The highest BCUT2D eigenvalue weighted by molar-refractivity contribution is 5.81. The molecule has 2 nitrogen and oxygen atoms in total. The first-order valence-corrected chi connectivity index (χ1v) is 5.02. The summed E-state index contributed by atoms with van der Waals surface area (Å²) in [5, 5.41) is 0. The topological polar surface area (TPSA) is 43.1 Å². The molecule has 2 N–H and O–H groups in total. The van der Waals surface area contributed by atoms with Crippen molar-refractivity contribution in [1.29, 1.82) is 0 Å². The Hall–Kier alpha value is -0.370. The van der Waals surface area contributed by atoms with Gasteiger partial charge >= 0.3 is 0 Å². The smallest absolute Gasteiger partial charge is 0.137 e. The Labute approximate surface area is 74.5 Å². The molecule has 0 aromatic heterocycles. The molecule has 1 rings (SSSR count). The van der Waals surface area contributed by atoms with Crippen LogP contribution < -0.4 is 5.73 Å². The Bertz CT molecular complexity index is 150. The maximum absolute atomic E-state index is 11.5. The Morgan fingerprint density at radius 3 is 2.58 bits per heavy atom. The highest BCUT2D eigenvalue weighted by Crippen LogP contribution is 2.26. The van der Waals surface area contributed by atoms with Gasteiger partial charge in [0.25, 0.3) is 0 Å². The van der Waals surface area contributed by atoms with E-state index in [1.807, 2.05) is 6.92 Å². The summed E-state index contributed by atoms with van der Waals surface area (Å²) in [6, 6.07) is 0.0955. The molecule has 1 aliphatic rings. The first kappa shape index (κ1) is 9.72. The molecular formula is C10H19NO. The second-order valence-electron chi connectivity index (χ2n) is 3.82. The van der Waals surface area contributed by atoms with Crippen LogP contribution in [0.4, 0.5) is 0 Å². The zero-order valence-electron chi connectivity index (χ0n) is 7.88. The molecule has 0 saturated heterocycles. The Kier molecular flexibility index (Phi) is 3.73. The largest absolute Gasteiger partial charge is 0.327 e. The van der Waals surface area contributed by atoms with E-state index in [9.17, 15) is 4.79 Å². The minimum absolute atomic E-state index is 0.0955. The lowest BCUT2D eigenvalue weighted by molar-refractivity contribution is -0.123. The first-order chi connectivity index (χ1) is 5.74. The van der Waals surface area contributed by atoms with Crippen molar-refractivity contribution in [2.75, 3.05) is 0 Å². The van der Waals surface area contributed by atoms with Crippen LogP contribution in [0.2, 0.25) is 0 Å². The summed E-state index contributed by atoms with van der Waals surface area (Å²) < 4.78 is 0. The van der Waals surface area contributed by atoms with Crippen molar-refractivity contribution in [2.24, 2.45) is 11.7 Å². The minimum Gasteiger partial charge on any atom is -0.327 e. The monoisotopic (exact) mass is 169 g/mol. The van der Waals surface area contributed by atoms with E-state index in [0.717, 1.165) is 19.3 Å². The van der Waals surface area contributed by atoms with Crippen LogP contribution in [0.5, 0.6) is 0 Å². The standard InChI is InChI=1S/C10H19NO/c1-2-9(11)7-10(12)8-5-3-4-6-8/h8-9H,2-7,11H2,1H3. The van der Waals surface area contributed by atoms with Gasteiger partial charge in [-0.1, -0.05) is 19.8 Å². The van der Waals surface area contributed by atoms with E-state index < -0.39 is 0 Å². The molecule has 0 aromatic rings.